The van der Waals surface area contributed by atoms with Crippen molar-refractivity contribution in [2.75, 3.05) is 11.1 Å². The first-order chi connectivity index (χ1) is 16.3. The van der Waals surface area contributed by atoms with Crippen LogP contribution < -0.4 is 16.8 Å². The number of anilines is 2. The minimum atomic E-state index is -4.76. The van der Waals surface area contributed by atoms with Gasteiger partial charge in [-0.3, -0.25) is 9.11 Å². The minimum Gasteiger partial charge on any atom is -0.399 e. The molecule has 0 aliphatic carbocycles. The van der Waals surface area contributed by atoms with E-state index in [1.54, 1.807) is 0 Å². The Morgan fingerprint density at radius 1 is 0.743 bits per heavy atom. The van der Waals surface area contributed by atoms with Crippen LogP contribution in [0, 0.1) is 0 Å². The number of carbonyl (C=O) groups excluding carboxylic acids is 1. The number of nitrogens with zero attached hydrogens (tertiary/aromatic N) is 4. The molecule has 182 valence electrons. The Hall–Kier alpha value is -4.25. The van der Waals surface area contributed by atoms with E-state index in [4.69, 9.17) is 16.0 Å². The Labute approximate surface area is 198 Å². The first-order valence-corrected chi connectivity index (χ1v) is 12.2. The lowest BCUT2D eigenvalue weighted by Gasteiger charge is -2.07. The van der Waals surface area contributed by atoms with E-state index in [0.29, 0.717) is 5.69 Å². The predicted octanol–water partition coefficient (Wildman–Crippen LogP) is 4.08. The third kappa shape index (κ3) is 6.87. The third-order valence-electron chi connectivity index (χ3n) is 4.18. The highest BCUT2D eigenvalue weighted by atomic mass is 32.2. The van der Waals surface area contributed by atoms with E-state index >= 15 is 0 Å². The summed E-state index contributed by atoms with van der Waals surface area (Å²) in [5.41, 5.74) is 11.3. The second-order valence-corrected chi connectivity index (χ2v) is 9.57. The van der Waals surface area contributed by atoms with Crippen LogP contribution in [0.15, 0.2) is 90.9 Å². The van der Waals surface area contributed by atoms with Crippen molar-refractivity contribution < 1.29 is 30.7 Å². The number of rotatable bonds is 7. The smallest absolute Gasteiger partial charge is 0.316 e. The molecule has 0 radical (unpaired) electrons. The van der Waals surface area contributed by atoms with Crippen molar-refractivity contribution in [3.8, 4) is 0 Å². The van der Waals surface area contributed by atoms with Crippen molar-refractivity contribution in [2.24, 2.45) is 26.2 Å². The Balaban J connectivity index is 1.93. The van der Waals surface area contributed by atoms with Gasteiger partial charge < -0.3 is 16.8 Å². The van der Waals surface area contributed by atoms with E-state index in [9.17, 15) is 26.2 Å². The van der Waals surface area contributed by atoms with Gasteiger partial charge >= 0.3 is 6.03 Å². The van der Waals surface area contributed by atoms with E-state index in [1.165, 1.54) is 42.5 Å². The normalized spacial score (nSPS) is 12.3. The van der Waals surface area contributed by atoms with E-state index < -0.39 is 31.2 Å². The molecule has 0 saturated carbocycles. The highest BCUT2D eigenvalue weighted by Crippen LogP contribution is 2.33. The van der Waals surface area contributed by atoms with Crippen LogP contribution in [-0.2, 0) is 20.2 Å². The molecule has 7 N–H and O–H groups in total. The zero-order valence-corrected chi connectivity index (χ0v) is 19.1. The maximum atomic E-state index is 11.9. The summed E-state index contributed by atoms with van der Waals surface area (Å²) >= 11 is 0. The molecule has 0 heterocycles. The highest BCUT2D eigenvalue weighted by molar-refractivity contribution is 7.86. The van der Waals surface area contributed by atoms with E-state index in [0.717, 1.165) is 18.2 Å². The lowest BCUT2D eigenvalue weighted by atomic mass is 10.2. The van der Waals surface area contributed by atoms with E-state index in [1.807, 2.05) is 0 Å². The first kappa shape index (κ1) is 25.4. The monoisotopic (exact) mass is 519 g/mol. The molecule has 16 heteroatoms. The van der Waals surface area contributed by atoms with Gasteiger partial charge in [-0.15, -0.1) is 10.2 Å². The summed E-state index contributed by atoms with van der Waals surface area (Å²) in [6.45, 7) is 0. The van der Waals surface area contributed by atoms with Crippen LogP contribution in [0.5, 0.6) is 0 Å². The topological polar surface area (TPSA) is 239 Å². The predicted molar refractivity (Wildman–Crippen MR) is 125 cm³/mol. The molecule has 3 rings (SSSR count). The molecular weight excluding hydrogens is 502 g/mol. The van der Waals surface area contributed by atoms with Gasteiger partial charge in [0, 0.05) is 5.69 Å². The number of amides is 2. The molecule has 0 unspecified atom stereocenters. The molecule has 14 nitrogen and oxygen atoms in total. The van der Waals surface area contributed by atoms with Gasteiger partial charge in [0.15, 0.2) is 0 Å². The van der Waals surface area contributed by atoms with Gasteiger partial charge in [0.25, 0.3) is 20.2 Å². The van der Waals surface area contributed by atoms with Gasteiger partial charge in [0.2, 0.25) is 0 Å². The quantitative estimate of drug-likeness (QED) is 0.172. The molecule has 3 aromatic carbocycles. The third-order valence-corrected chi connectivity index (χ3v) is 5.93. The van der Waals surface area contributed by atoms with Crippen LogP contribution in [0.3, 0.4) is 0 Å². The molecule has 35 heavy (non-hydrogen) atoms. The summed E-state index contributed by atoms with van der Waals surface area (Å²) in [7, 11) is -9.13. The second kappa shape index (κ2) is 9.94. The number of urea groups is 1. The standard InChI is InChI=1S/C19H17N7O7S2/c20-11-1-7-15(17(9-11)22-19(21)27)25-26-16-8-4-13(10-18(16)35(31,32)33)24-23-12-2-5-14(6-3-12)34(28,29)30/h1-10H,20H2,(H3,21,22,27)(H,28,29,30)(H,31,32,33)/b24-23+,26-25?. The average molecular weight is 520 g/mol. The fourth-order valence-corrected chi connectivity index (χ4v) is 3.76. The van der Waals surface area contributed by atoms with Crippen molar-refractivity contribution in [2.45, 2.75) is 9.79 Å². The van der Waals surface area contributed by atoms with Crippen molar-refractivity contribution in [3.63, 3.8) is 0 Å². The Morgan fingerprint density at radius 3 is 1.91 bits per heavy atom. The van der Waals surface area contributed by atoms with Crippen LogP contribution >= 0.6 is 0 Å². The zero-order valence-electron chi connectivity index (χ0n) is 17.5. The summed E-state index contributed by atoms with van der Waals surface area (Å²) in [6, 6.07) is 11.7. The van der Waals surface area contributed by atoms with E-state index in [2.05, 4.69) is 25.8 Å². The van der Waals surface area contributed by atoms with Crippen molar-refractivity contribution in [1.82, 2.24) is 0 Å². The lowest BCUT2D eigenvalue weighted by Crippen LogP contribution is -2.19. The number of azo groups is 2. The molecule has 0 saturated heterocycles. The summed E-state index contributed by atoms with van der Waals surface area (Å²) in [5, 5.41) is 17.7. The molecule has 2 amide bonds. The van der Waals surface area contributed by atoms with Gasteiger partial charge in [0.1, 0.15) is 16.3 Å². The molecule has 0 aliphatic rings. The maximum Gasteiger partial charge on any atom is 0.316 e. The number of carbonyl (C=O) groups is 1. The Kier molecular flexibility index (Phi) is 7.20. The molecular formula is C19H17N7O7S2. The molecule has 0 aliphatic heterocycles. The minimum absolute atomic E-state index is 0.0130. The fraction of sp³-hybridized carbons (Fsp3) is 0. The number of hydrogen-bond donors (Lipinski definition) is 5. The lowest BCUT2D eigenvalue weighted by molar-refractivity contribution is 0.259. The van der Waals surface area contributed by atoms with Gasteiger partial charge in [-0.25, -0.2) is 4.79 Å². The van der Waals surface area contributed by atoms with Crippen LogP contribution in [0.25, 0.3) is 0 Å². The highest BCUT2D eigenvalue weighted by Gasteiger charge is 2.17. The maximum absolute atomic E-state index is 11.9. The number of nitrogens with two attached hydrogens (primary N) is 2. The van der Waals surface area contributed by atoms with E-state index in [-0.39, 0.29) is 33.3 Å². The molecule has 0 bridgehead atoms. The second-order valence-electron chi connectivity index (χ2n) is 6.76. The van der Waals surface area contributed by atoms with Crippen molar-refractivity contribution in [1.29, 1.82) is 0 Å². The van der Waals surface area contributed by atoms with Crippen molar-refractivity contribution >= 4 is 60.4 Å². The number of hydrogen-bond acceptors (Lipinski definition) is 10. The summed E-state index contributed by atoms with van der Waals surface area (Å²) in [5.74, 6) is 0. The number of primary amides is 1. The van der Waals surface area contributed by atoms with Crippen LogP contribution in [0.2, 0.25) is 0 Å². The van der Waals surface area contributed by atoms with Gasteiger partial charge in [-0.1, -0.05) is 0 Å². The largest absolute Gasteiger partial charge is 0.399 e. The van der Waals surface area contributed by atoms with Gasteiger partial charge in [-0.2, -0.15) is 27.1 Å². The molecule has 0 aromatic heterocycles. The van der Waals surface area contributed by atoms with Crippen LogP contribution in [0.4, 0.5) is 38.9 Å². The Morgan fingerprint density at radius 2 is 1.31 bits per heavy atom. The molecule has 0 atom stereocenters. The number of benzene rings is 3. The van der Waals surface area contributed by atoms with Crippen molar-refractivity contribution in [3.05, 3.63) is 60.7 Å². The van der Waals surface area contributed by atoms with Gasteiger partial charge in [-0.05, 0) is 60.7 Å². The van der Waals surface area contributed by atoms with Crippen LogP contribution in [-0.4, -0.2) is 32.0 Å². The fourth-order valence-electron chi connectivity index (χ4n) is 2.64. The van der Waals surface area contributed by atoms with Gasteiger partial charge in [0.05, 0.1) is 22.0 Å². The summed E-state index contributed by atoms with van der Waals surface area (Å²) in [4.78, 5) is 10.2. The average Bonchev–Trinajstić information content (AvgIpc) is 2.76. The molecule has 0 spiro atoms. The number of nitrogen functional groups attached to an aromatic ring is 1. The Bertz CT molecular complexity index is 1550. The SMILES string of the molecule is NC(=O)Nc1cc(N)ccc1N=Nc1ccc(/N=N/c2ccc(S(=O)(=O)O)cc2)cc1S(=O)(=O)O. The summed E-state index contributed by atoms with van der Waals surface area (Å²) in [6.07, 6.45) is 0. The first-order valence-electron chi connectivity index (χ1n) is 9.31. The summed E-state index contributed by atoms with van der Waals surface area (Å²) < 4.78 is 64.6. The van der Waals surface area contributed by atoms with Crippen LogP contribution in [0.1, 0.15) is 0 Å². The zero-order chi connectivity index (χ0) is 25.8. The number of nitrogens with one attached hydrogen (secondary N) is 1. The molecule has 3 aromatic rings. The molecule has 0 fully saturated rings.